The fourth-order valence-corrected chi connectivity index (χ4v) is 6.31. The molecule has 2 nitrogen and oxygen atoms in total. The largest absolute Gasteiger partial charge is 0.398 e. The first-order valence-electron chi connectivity index (χ1n) is 10.8. The van der Waals surface area contributed by atoms with Crippen molar-refractivity contribution < 1.29 is 8.85 Å². The molecule has 0 aliphatic carbocycles. The molecule has 0 heterocycles. The highest BCUT2D eigenvalue weighted by molar-refractivity contribution is 6.67. The molecule has 0 aliphatic heterocycles. The fraction of sp³-hybridized carbons (Fsp3) is 1.00. The lowest BCUT2D eigenvalue weighted by molar-refractivity contribution is 0.238. The third-order valence-corrected chi connectivity index (χ3v) is 9.04. The number of hydrogen-bond donors (Lipinski definition) is 0. The molecule has 0 bridgehead atoms. The van der Waals surface area contributed by atoms with E-state index >= 15 is 0 Å². The third-order valence-electron chi connectivity index (χ3n) is 5.32. The highest BCUT2D eigenvalue weighted by atomic mass is 28.4. The molecule has 3 heteroatoms. The Morgan fingerprint density at radius 2 is 0.750 bits per heavy atom. The maximum atomic E-state index is 5.85. The molecule has 0 atom stereocenters. The van der Waals surface area contributed by atoms with Crippen molar-refractivity contribution >= 4 is 8.56 Å². The second-order valence-corrected chi connectivity index (χ2v) is 11.1. The van der Waals surface area contributed by atoms with E-state index in [0.29, 0.717) is 0 Å². The molecule has 0 rings (SSSR count). The van der Waals surface area contributed by atoms with Crippen LogP contribution in [0.4, 0.5) is 0 Å². The Balaban J connectivity index is 3.51. The lowest BCUT2D eigenvalue weighted by Gasteiger charge is -2.27. The Labute approximate surface area is 154 Å². The molecule has 0 N–H and O–H groups in total. The van der Waals surface area contributed by atoms with Gasteiger partial charge in [-0.15, -0.1) is 0 Å². The maximum absolute atomic E-state index is 5.85. The topological polar surface area (TPSA) is 18.5 Å². The number of rotatable bonds is 19. The van der Waals surface area contributed by atoms with E-state index in [1.807, 2.05) is 14.2 Å². The van der Waals surface area contributed by atoms with Crippen molar-refractivity contribution in [3.63, 3.8) is 0 Å². The predicted octanol–water partition coefficient (Wildman–Crippen LogP) is 7.61. The lowest BCUT2D eigenvalue weighted by atomic mass is 10.1. The van der Waals surface area contributed by atoms with Crippen LogP contribution in [0.5, 0.6) is 0 Å². The average molecular weight is 359 g/mol. The van der Waals surface area contributed by atoms with Crippen molar-refractivity contribution in [3.8, 4) is 0 Å². The van der Waals surface area contributed by atoms with Crippen LogP contribution in [-0.4, -0.2) is 22.8 Å². The number of hydrogen-bond acceptors (Lipinski definition) is 2. The molecule has 0 spiro atoms. The SMILES string of the molecule is CCCCCCCCCCCCCC[Si](CCCCC)(OC)OC. The quantitative estimate of drug-likeness (QED) is 0.175. The van der Waals surface area contributed by atoms with Crippen LogP contribution in [0.2, 0.25) is 12.1 Å². The van der Waals surface area contributed by atoms with E-state index < -0.39 is 8.56 Å². The zero-order valence-electron chi connectivity index (χ0n) is 17.3. The summed E-state index contributed by atoms with van der Waals surface area (Å²) in [6.45, 7) is 4.55. The molecule has 0 aromatic rings. The summed E-state index contributed by atoms with van der Waals surface area (Å²) in [7, 11) is 1.85. The van der Waals surface area contributed by atoms with Gasteiger partial charge < -0.3 is 8.85 Å². The van der Waals surface area contributed by atoms with Gasteiger partial charge in [0.1, 0.15) is 0 Å². The van der Waals surface area contributed by atoms with Crippen LogP contribution in [0.25, 0.3) is 0 Å². The second kappa shape index (κ2) is 17.9. The highest BCUT2D eigenvalue weighted by Gasteiger charge is 2.33. The van der Waals surface area contributed by atoms with Crippen molar-refractivity contribution in [2.45, 2.75) is 122 Å². The minimum absolute atomic E-state index is 1.17. The molecule has 0 saturated carbocycles. The van der Waals surface area contributed by atoms with Gasteiger partial charge in [-0.2, -0.15) is 0 Å². The van der Waals surface area contributed by atoms with Gasteiger partial charge in [0.25, 0.3) is 0 Å². The first kappa shape index (κ1) is 24.1. The Morgan fingerprint density at radius 3 is 1.12 bits per heavy atom. The van der Waals surface area contributed by atoms with Crippen molar-refractivity contribution in [1.29, 1.82) is 0 Å². The van der Waals surface area contributed by atoms with E-state index in [9.17, 15) is 0 Å². The van der Waals surface area contributed by atoms with Gasteiger partial charge in [-0.3, -0.25) is 0 Å². The third kappa shape index (κ3) is 13.4. The highest BCUT2D eigenvalue weighted by Crippen LogP contribution is 2.24. The van der Waals surface area contributed by atoms with Gasteiger partial charge in [0.05, 0.1) is 0 Å². The summed E-state index contributed by atoms with van der Waals surface area (Å²) in [6.07, 6.45) is 20.7. The molecule has 24 heavy (non-hydrogen) atoms. The Morgan fingerprint density at radius 1 is 0.458 bits per heavy atom. The van der Waals surface area contributed by atoms with Crippen molar-refractivity contribution in [2.75, 3.05) is 14.2 Å². The summed E-state index contributed by atoms with van der Waals surface area (Å²) in [4.78, 5) is 0. The van der Waals surface area contributed by atoms with E-state index in [2.05, 4.69) is 13.8 Å². The molecule has 146 valence electrons. The molecule has 0 unspecified atom stereocenters. The summed E-state index contributed by atoms with van der Waals surface area (Å²) in [5, 5.41) is 0. The van der Waals surface area contributed by atoms with Crippen LogP contribution in [0, 0.1) is 0 Å². The van der Waals surface area contributed by atoms with Gasteiger partial charge in [-0.1, -0.05) is 110 Å². The number of unbranched alkanes of at least 4 members (excludes halogenated alkanes) is 13. The summed E-state index contributed by atoms with van der Waals surface area (Å²) in [5.41, 5.74) is 0. The second-order valence-electron chi connectivity index (χ2n) is 7.42. The van der Waals surface area contributed by atoms with Crippen molar-refractivity contribution in [2.24, 2.45) is 0 Å². The predicted molar refractivity (Wildman–Crippen MR) is 110 cm³/mol. The molecular formula is C21H46O2Si. The summed E-state index contributed by atoms with van der Waals surface area (Å²) >= 11 is 0. The zero-order valence-corrected chi connectivity index (χ0v) is 18.3. The molecular weight excluding hydrogens is 312 g/mol. The lowest BCUT2D eigenvalue weighted by Crippen LogP contribution is -2.39. The first-order chi connectivity index (χ1) is 11.7. The van der Waals surface area contributed by atoms with E-state index in [1.54, 1.807) is 0 Å². The summed E-state index contributed by atoms with van der Waals surface area (Å²) in [6, 6.07) is 2.35. The molecule has 0 saturated heterocycles. The van der Waals surface area contributed by atoms with Gasteiger partial charge in [0, 0.05) is 14.2 Å². The van der Waals surface area contributed by atoms with Crippen LogP contribution < -0.4 is 0 Å². The van der Waals surface area contributed by atoms with E-state index in [-0.39, 0.29) is 0 Å². The van der Waals surface area contributed by atoms with Crippen LogP contribution >= 0.6 is 0 Å². The van der Waals surface area contributed by atoms with E-state index in [4.69, 9.17) is 8.85 Å². The van der Waals surface area contributed by atoms with Gasteiger partial charge in [0.2, 0.25) is 0 Å². The first-order valence-corrected chi connectivity index (χ1v) is 13.1. The van der Waals surface area contributed by atoms with Gasteiger partial charge in [0.15, 0.2) is 0 Å². The minimum Gasteiger partial charge on any atom is -0.398 e. The molecule has 0 aromatic heterocycles. The molecule has 0 radical (unpaired) electrons. The standard InChI is InChI=1S/C21H46O2Si/c1-5-7-9-10-11-12-13-14-15-16-17-19-21-24(22-3,23-4)20-18-8-6-2/h5-21H2,1-4H3. The minimum atomic E-state index is -1.88. The Bertz CT molecular complexity index is 242. The Kier molecular flexibility index (Phi) is 18.0. The van der Waals surface area contributed by atoms with E-state index in [0.717, 1.165) is 0 Å². The molecule has 0 aliphatic rings. The van der Waals surface area contributed by atoms with Crippen molar-refractivity contribution in [1.82, 2.24) is 0 Å². The van der Waals surface area contributed by atoms with Crippen LogP contribution in [0.3, 0.4) is 0 Å². The van der Waals surface area contributed by atoms with Gasteiger partial charge in [-0.05, 0) is 12.1 Å². The monoisotopic (exact) mass is 358 g/mol. The zero-order chi connectivity index (χ0) is 17.9. The molecule has 0 amide bonds. The Hall–Kier alpha value is 0.137. The fourth-order valence-electron chi connectivity index (χ4n) is 3.50. The van der Waals surface area contributed by atoms with Crippen LogP contribution in [-0.2, 0) is 8.85 Å². The maximum Gasteiger partial charge on any atom is 0.337 e. The van der Waals surface area contributed by atoms with Crippen LogP contribution in [0.1, 0.15) is 110 Å². The van der Waals surface area contributed by atoms with Gasteiger partial charge in [-0.25, -0.2) is 0 Å². The average Bonchev–Trinajstić information content (AvgIpc) is 2.61. The van der Waals surface area contributed by atoms with E-state index in [1.165, 1.54) is 108 Å². The van der Waals surface area contributed by atoms with Crippen LogP contribution in [0.15, 0.2) is 0 Å². The van der Waals surface area contributed by atoms with Crippen molar-refractivity contribution in [3.05, 3.63) is 0 Å². The normalized spacial score (nSPS) is 12.0. The smallest absolute Gasteiger partial charge is 0.337 e. The van der Waals surface area contributed by atoms with Gasteiger partial charge >= 0.3 is 8.56 Å². The molecule has 0 aromatic carbocycles. The summed E-state index contributed by atoms with van der Waals surface area (Å²) in [5.74, 6) is 0. The summed E-state index contributed by atoms with van der Waals surface area (Å²) < 4.78 is 11.7. The molecule has 0 fully saturated rings.